The minimum Gasteiger partial charge on any atom is -0.486 e. The number of benzene rings is 2. The van der Waals surface area contributed by atoms with Crippen molar-refractivity contribution in [3.63, 3.8) is 0 Å². The molecule has 0 amide bonds. The van der Waals surface area contributed by atoms with Crippen LogP contribution in [0.1, 0.15) is 24.0 Å². The van der Waals surface area contributed by atoms with Crippen molar-refractivity contribution in [3.05, 3.63) is 63.9 Å². The average molecular weight is 471 g/mol. The van der Waals surface area contributed by atoms with Crippen LogP contribution in [0.15, 0.2) is 52.2 Å². The first-order chi connectivity index (χ1) is 15.9. The maximum absolute atomic E-state index is 13.5. The highest BCUT2D eigenvalue weighted by molar-refractivity contribution is 7.89. The minimum atomic E-state index is -3.83. The van der Waals surface area contributed by atoms with Crippen LogP contribution in [0.2, 0.25) is 0 Å². The molecule has 9 heteroatoms. The summed E-state index contributed by atoms with van der Waals surface area (Å²) in [4.78, 5) is 16.0. The highest BCUT2D eigenvalue weighted by atomic mass is 32.2. The Morgan fingerprint density at radius 1 is 1.03 bits per heavy atom. The van der Waals surface area contributed by atoms with Gasteiger partial charge in [0.25, 0.3) is 5.56 Å². The zero-order valence-electron chi connectivity index (χ0n) is 18.4. The summed E-state index contributed by atoms with van der Waals surface area (Å²) in [6, 6.07) is 12.0. The second kappa shape index (κ2) is 8.81. The molecule has 5 rings (SSSR count). The van der Waals surface area contributed by atoms with Gasteiger partial charge < -0.3 is 19.2 Å². The Morgan fingerprint density at radius 2 is 1.76 bits per heavy atom. The van der Waals surface area contributed by atoms with Crippen molar-refractivity contribution in [1.82, 2.24) is 9.29 Å². The van der Waals surface area contributed by atoms with Crippen LogP contribution < -0.4 is 15.0 Å². The number of H-pyrrole nitrogens is 1. The number of sulfonamides is 1. The Bertz CT molecular complexity index is 1330. The van der Waals surface area contributed by atoms with Crippen LogP contribution in [0.4, 0.5) is 0 Å². The van der Waals surface area contributed by atoms with Gasteiger partial charge in [-0.15, -0.1) is 0 Å². The van der Waals surface area contributed by atoms with Gasteiger partial charge in [0.2, 0.25) is 10.0 Å². The van der Waals surface area contributed by atoms with E-state index in [1.165, 1.54) is 4.31 Å². The van der Waals surface area contributed by atoms with Gasteiger partial charge in [-0.3, -0.25) is 4.79 Å². The molecule has 3 aromatic rings. The number of fused-ring (bicyclic) bond motifs is 2. The zero-order chi connectivity index (χ0) is 23.0. The molecule has 8 nitrogen and oxygen atoms in total. The van der Waals surface area contributed by atoms with Gasteiger partial charge in [0, 0.05) is 36.7 Å². The van der Waals surface area contributed by atoms with Crippen LogP contribution in [0.25, 0.3) is 10.9 Å². The predicted octanol–water partition coefficient (Wildman–Crippen LogP) is 2.98. The van der Waals surface area contributed by atoms with E-state index in [4.69, 9.17) is 14.2 Å². The summed E-state index contributed by atoms with van der Waals surface area (Å²) < 4.78 is 45.4. The molecular formula is C24H26N2O6S. The van der Waals surface area contributed by atoms with Crippen molar-refractivity contribution in [3.8, 4) is 11.5 Å². The maximum Gasteiger partial charge on any atom is 0.252 e. The summed E-state index contributed by atoms with van der Waals surface area (Å²) in [5, 5.41) is 0.749. The molecule has 1 N–H and O–H groups in total. The predicted molar refractivity (Wildman–Crippen MR) is 123 cm³/mol. The SMILES string of the molecule is Cc1ccc(S(=O)(=O)N(Cc2cc3cc4c(cc3[nH]c2=O)OCCO4)C[C@@H]2CCCO2)cc1. The van der Waals surface area contributed by atoms with Crippen LogP contribution >= 0.6 is 0 Å². The van der Waals surface area contributed by atoms with E-state index in [-0.39, 0.29) is 29.6 Å². The van der Waals surface area contributed by atoms with E-state index in [9.17, 15) is 13.2 Å². The van der Waals surface area contributed by atoms with Gasteiger partial charge in [0.1, 0.15) is 13.2 Å². The third-order valence-corrected chi connectivity index (χ3v) is 7.85. The fourth-order valence-electron chi connectivity index (χ4n) is 4.22. The summed E-state index contributed by atoms with van der Waals surface area (Å²) in [7, 11) is -3.83. The first-order valence-corrected chi connectivity index (χ1v) is 12.5. The Labute approximate surface area is 192 Å². The van der Waals surface area contributed by atoms with Gasteiger partial charge in [-0.25, -0.2) is 8.42 Å². The van der Waals surface area contributed by atoms with Crippen molar-refractivity contribution in [2.45, 2.75) is 37.3 Å². The Balaban J connectivity index is 1.52. The standard InChI is InChI=1S/C24H26N2O6S/c1-16-4-6-20(7-5-16)33(28,29)26(15-19-3-2-8-30-19)14-18-11-17-12-22-23(32-10-9-31-22)13-21(17)25-24(18)27/h4-7,11-13,19H,2-3,8-10,14-15H2,1H3,(H,25,27)/t19-/m0/s1. The van der Waals surface area contributed by atoms with Crippen molar-refractivity contribution in [2.75, 3.05) is 26.4 Å². The molecule has 1 aromatic heterocycles. The van der Waals surface area contributed by atoms with Gasteiger partial charge >= 0.3 is 0 Å². The second-order valence-corrected chi connectivity index (χ2v) is 10.4. The molecule has 3 heterocycles. The number of nitrogens with zero attached hydrogens (tertiary/aromatic N) is 1. The number of hydrogen-bond acceptors (Lipinski definition) is 6. The van der Waals surface area contributed by atoms with Crippen LogP contribution in [0, 0.1) is 6.92 Å². The van der Waals surface area contributed by atoms with E-state index >= 15 is 0 Å². The highest BCUT2D eigenvalue weighted by Gasteiger charge is 2.30. The molecule has 0 bridgehead atoms. The lowest BCUT2D eigenvalue weighted by molar-refractivity contribution is 0.0925. The third-order valence-electron chi connectivity index (χ3n) is 6.02. The van der Waals surface area contributed by atoms with Crippen molar-refractivity contribution >= 4 is 20.9 Å². The fourth-order valence-corrected chi connectivity index (χ4v) is 5.67. The average Bonchev–Trinajstić information content (AvgIpc) is 3.31. The number of pyridine rings is 1. The first kappa shape index (κ1) is 21.9. The summed E-state index contributed by atoms with van der Waals surface area (Å²) >= 11 is 0. The summed E-state index contributed by atoms with van der Waals surface area (Å²) in [6.07, 6.45) is 1.49. The molecule has 2 aromatic carbocycles. The molecule has 2 aliphatic rings. The van der Waals surface area contributed by atoms with Crippen LogP contribution in [0.3, 0.4) is 0 Å². The number of nitrogens with one attached hydrogen (secondary N) is 1. The molecule has 0 unspecified atom stereocenters. The smallest absolute Gasteiger partial charge is 0.252 e. The quantitative estimate of drug-likeness (QED) is 0.595. The normalized spacial score (nSPS) is 18.2. The monoisotopic (exact) mass is 470 g/mol. The van der Waals surface area contributed by atoms with Crippen LogP contribution in [-0.4, -0.2) is 50.2 Å². The molecular weight excluding hydrogens is 444 g/mol. The van der Waals surface area contributed by atoms with Gasteiger partial charge in [0.15, 0.2) is 11.5 Å². The summed E-state index contributed by atoms with van der Waals surface area (Å²) in [6.45, 7) is 3.56. The van der Waals surface area contributed by atoms with E-state index in [0.717, 1.165) is 23.8 Å². The van der Waals surface area contributed by atoms with E-state index in [0.29, 0.717) is 42.4 Å². The van der Waals surface area contributed by atoms with Gasteiger partial charge in [-0.2, -0.15) is 4.31 Å². The fraction of sp³-hybridized carbons (Fsp3) is 0.375. The molecule has 1 atom stereocenters. The number of ether oxygens (including phenoxy) is 3. The minimum absolute atomic E-state index is 0.0597. The van der Waals surface area contributed by atoms with E-state index in [2.05, 4.69) is 4.98 Å². The molecule has 174 valence electrons. The number of hydrogen-bond donors (Lipinski definition) is 1. The summed E-state index contributed by atoms with van der Waals surface area (Å²) in [5.74, 6) is 1.19. The molecule has 1 saturated heterocycles. The van der Waals surface area contributed by atoms with Crippen molar-refractivity contribution < 1.29 is 22.6 Å². The third kappa shape index (κ3) is 4.48. The number of aromatic amines is 1. The van der Waals surface area contributed by atoms with Crippen molar-refractivity contribution in [2.24, 2.45) is 0 Å². The second-order valence-electron chi connectivity index (χ2n) is 8.45. The largest absolute Gasteiger partial charge is 0.486 e. The molecule has 0 spiro atoms. The van der Waals surface area contributed by atoms with Gasteiger partial charge in [-0.05, 0) is 44.0 Å². The first-order valence-electron chi connectivity index (χ1n) is 11.0. The van der Waals surface area contributed by atoms with Crippen molar-refractivity contribution in [1.29, 1.82) is 0 Å². The van der Waals surface area contributed by atoms with Crippen LogP contribution in [0.5, 0.6) is 11.5 Å². The molecule has 0 radical (unpaired) electrons. The van der Waals surface area contributed by atoms with Gasteiger partial charge in [0.05, 0.1) is 16.5 Å². The molecule has 2 aliphatic heterocycles. The summed E-state index contributed by atoms with van der Waals surface area (Å²) in [5.41, 5.74) is 1.60. The Kier molecular flexibility index (Phi) is 5.86. The maximum atomic E-state index is 13.5. The lowest BCUT2D eigenvalue weighted by atomic mass is 10.1. The Hall–Kier alpha value is -2.88. The van der Waals surface area contributed by atoms with Crippen LogP contribution in [-0.2, 0) is 21.3 Å². The number of rotatable bonds is 6. The molecule has 0 aliphatic carbocycles. The molecule has 0 saturated carbocycles. The van der Waals surface area contributed by atoms with E-state index in [1.54, 1.807) is 36.4 Å². The lowest BCUT2D eigenvalue weighted by Gasteiger charge is -2.25. The van der Waals surface area contributed by atoms with Gasteiger partial charge in [-0.1, -0.05) is 17.7 Å². The number of aromatic nitrogens is 1. The van der Waals surface area contributed by atoms with E-state index in [1.807, 2.05) is 13.0 Å². The lowest BCUT2D eigenvalue weighted by Crippen LogP contribution is -2.38. The molecule has 33 heavy (non-hydrogen) atoms. The van der Waals surface area contributed by atoms with E-state index < -0.39 is 10.0 Å². The number of aryl methyl sites for hydroxylation is 1. The highest BCUT2D eigenvalue weighted by Crippen LogP contribution is 2.34. The molecule has 1 fully saturated rings. The Morgan fingerprint density at radius 3 is 2.45 bits per heavy atom. The zero-order valence-corrected chi connectivity index (χ0v) is 19.2. The topological polar surface area (TPSA) is 97.9 Å².